The van der Waals surface area contributed by atoms with Crippen LogP contribution in [0.15, 0.2) is 22.7 Å². The minimum Gasteiger partial charge on any atom is -0.479 e. The van der Waals surface area contributed by atoms with Crippen molar-refractivity contribution in [1.29, 1.82) is 0 Å². The molecule has 1 unspecified atom stereocenters. The molecule has 1 aromatic carbocycles. The van der Waals surface area contributed by atoms with Crippen molar-refractivity contribution in [1.82, 2.24) is 4.90 Å². The Labute approximate surface area is 112 Å². The Bertz CT molecular complexity index is 464. The molecule has 0 heterocycles. The first-order valence-corrected chi connectivity index (χ1v) is 5.93. The number of carbonyl (C=O) groups is 2. The Hall–Kier alpha value is -1.07. The maximum Gasteiger partial charge on any atom is 0.331 e. The molecule has 0 spiro atoms. The fraction of sp³-hybridized carbons (Fsp3) is 0.273. The summed E-state index contributed by atoms with van der Waals surface area (Å²) in [4.78, 5) is 23.6. The molecular weight excluding hydrogens is 309 g/mol. The van der Waals surface area contributed by atoms with Gasteiger partial charge in [0.15, 0.2) is 6.04 Å². The zero-order valence-electron chi connectivity index (χ0n) is 9.28. The number of likely N-dealkylation sites (N-methyl/N-ethyl adjacent to an activating group) is 1. The monoisotopic (exact) mass is 319 g/mol. The lowest BCUT2D eigenvalue weighted by molar-refractivity contribution is -0.148. The largest absolute Gasteiger partial charge is 0.479 e. The molecular formula is C11H11BrClNO3. The van der Waals surface area contributed by atoms with Gasteiger partial charge in [-0.3, -0.25) is 4.79 Å². The van der Waals surface area contributed by atoms with Gasteiger partial charge in [-0.1, -0.05) is 17.7 Å². The number of carbonyl (C=O) groups excluding carboxylic acids is 1. The topological polar surface area (TPSA) is 57.6 Å². The van der Waals surface area contributed by atoms with Crippen LogP contribution in [0.4, 0.5) is 0 Å². The first-order chi connectivity index (χ1) is 7.84. The molecule has 92 valence electrons. The standard InChI is InChI=1S/C11H11BrClNO3/c1-6(15)14(2)10(11(16)17)7-3-4-8(12)9(13)5-7/h3-5,10H,1-2H3,(H,16,17). The van der Waals surface area contributed by atoms with E-state index < -0.39 is 12.0 Å². The van der Waals surface area contributed by atoms with Crippen molar-refractivity contribution >= 4 is 39.4 Å². The smallest absolute Gasteiger partial charge is 0.331 e. The summed E-state index contributed by atoms with van der Waals surface area (Å²) in [6.45, 7) is 1.32. The first-order valence-electron chi connectivity index (χ1n) is 4.75. The van der Waals surface area contributed by atoms with Crippen molar-refractivity contribution in [3.05, 3.63) is 33.3 Å². The van der Waals surface area contributed by atoms with Crippen LogP contribution in [0.5, 0.6) is 0 Å². The highest BCUT2D eigenvalue weighted by Crippen LogP contribution is 2.28. The van der Waals surface area contributed by atoms with E-state index in [1.165, 1.54) is 20.0 Å². The van der Waals surface area contributed by atoms with Gasteiger partial charge in [-0.05, 0) is 33.6 Å². The quantitative estimate of drug-likeness (QED) is 0.931. The van der Waals surface area contributed by atoms with E-state index in [1.54, 1.807) is 12.1 Å². The van der Waals surface area contributed by atoms with Crippen LogP contribution < -0.4 is 0 Å². The molecule has 0 bridgehead atoms. The van der Waals surface area contributed by atoms with Crippen LogP contribution in [0.1, 0.15) is 18.5 Å². The number of aliphatic carboxylic acids is 1. The van der Waals surface area contributed by atoms with E-state index in [0.29, 0.717) is 15.1 Å². The van der Waals surface area contributed by atoms with Crippen LogP contribution in [-0.2, 0) is 9.59 Å². The van der Waals surface area contributed by atoms with E-state index in [0.717, 1.165) is 4.90 Å². The average Bonchev–Trinajstić information content (AvgIpc) is 2.22. The van der Waals surface area contributed by atoms with Gasteiger partial charge in [-0.25, -0.2) is 4.79 Å². The normalized spacial score (nSPS) is 12.0. The Morgan fingerprint density at radius 1 is 1.47 bits per heavy atom. The predicted octanol–water partition coefficient (Wildman–Crippen LogP) is 2.71. The molecule has 0 aliphatic carbocycles. The summed E-state index contributed by atoms with van der Waals surface area (Å²) >= 11 is 9.13. The van der Waals surface area contributed by atoms with Gasteiger partial charge in [0.1, 0.15) is 0 Å². The second-order valence-electron chi connectivity index (χ2n) is 3.54. The molecule has 6 heteroatoms. The van der Waals surface area contributed by atoms with Gasteiger partial charge in [-0.2, -0.15) is 0 Å². The fourth-order valence-corrected chi connectivity index (χ4v) is 1.83. The van der Waals surface area contributed by atoms with Crippen LogP contribution >= 0.6 is 27.5 Å². The van der Waals surface area contributed by atoms with Crippen LogP contribution in [0, 0.1) is 0 Å². The highest BCUT2D eigenvalue weighted by molar-refractivity contribution is 9.10. The Kier molecular flexibility index (Phi) is 4.54. The summed E-state index contributed by atoms with van der Waals surface area (Å²) in [5, 5.41) is 9.57. The minimum atomic E-state index is -1.10. The number of halogens is 2. The molecule has 1 aromatic rings. The maximum atomic E-state index is 11.2. The molecule has 0 aliphatic heterocycles. The molecule has 1 atom stereocenters. The molecule has 0 saturated carbocycles. The van der Waals surface area contributed by atoms with Crippen molar-refractivity contribution in [2.75, 3.05) is 7.05 Å². The SMILES string of the molecule is CC(=O)N(C)C(C(=O)O)c1ccc(Br)c(Cl)c1. The molecule has 1 rings (SSSR count). The summed E-state index contributed by atoms with van der Waals surface area (Å²) in [5.41, 5.74) is 0.461. The second kappa shape index (κ2) is 5.51. The number of benzene rings is 1. The van der Waals surface area contributed by atoms with Crippen LogP contribution in [0.2, 0.25) is 5.02 Å². The van der Waals surface area contributed by atoms with Crippen LogP contribution in [0.3, 0.4) is 0 Å². The van der Waals surface area contributed by atoms with Gasteiger partial charge in [-0.15, -0.1) is 0 Å². The van der Waals surface area contributed by atoms with Crippen molar-refractivity contribution in [2.24, 2.45) is 0 Å². The zero-order valence-corrected chi connectivity index (χ0v) is 11.6. The molecule has 4 nitrogen and oxygen atoms in total. The Morgan fingerprint density at radius 3 is 2.47 bits per heavy atom. The number of carboxylic acid groups (broad SMARTS) is 1. The minimum absolute atomic E-state index is 0.323. The van der Waals surface area contributed by atoms with Crippen molar-refractivity contribution < 1.29 is 14.7 Å². The first kappa shape index (κ1) is 14.0. The van der Waals surface area contributed by atoms with Gasteiger partial charge < -0.3 is 10.0 Å². The lowest BCUT2D eigenvalue weighted by atomic mass is 10.1. The molecule has 0 aromatic heterocycles. The third-order valence-electron chi connectivity index (χ3n) is 2.38. The van der Waals surface area contributed by atoms with E-state index >= 15 is 0 Å². The van der Waals surface area contributed by atoms with E-state index in [-0.39, 0.29) is 5.91 Å². The average molecular weight is 321 g/mol. The Balaban J connectivity index is 3.19. The number of amides is 1. The molecule has 0 aliphatic rings. The summed E-state index contributed by atoms with van der Waals surface area (Å²) in [7, 11) is 1.44. The number of carboxylic acids is 1. The van der Waals surface area contributed by atoms with Crippen molar-refractivity contribution in [3.8, 4) is 0 Å². The predicted molar refractivity (Wildman–Crippen MR) is 68.0 cm³/mol. The van der Waals surface area contributed by atoms with Gasteiger partial charge in [0.25, 0.3) is 0 Å². The lowest BCUT2D eigenvalue weighted by Crippen LogP contribution is -2.34. The van der Waals surface area contributed by atoms with Gasteiger partial charge >= 0.3 is 5.97 Å². The van der Waals surface area contributed by atoms with E-state index in [4.69, 9.17) is 16.7 Å². The second-order valence-corrected chi connectivity index (χ2v) is 4.81. The molecule has 1 N–H and O–H groups in total. The lowest BCUT2D eigenvalue weighted by Gasteiger charge is -2.24. The number of hydrogen-bond donors (Lipinski definition) is 1. The van der Waals surface area contributed by atoms with Crippen LogP contribution in [0.25, 0.3) is 0 Å². The summed E-state index contributed by atoms with van der Waals surface area (Å²) in [6, 6.07) is 3.78. The highest BCUT2D eigenvalue weighted by atomic mass is 79.9. The molecule has 0 fully saturated rings. The summed E-state index contributed by atoms with van der Waals surface area (Å²) < 4.78 is 0.678. The molecule has 17 heavy (non-hydrogen) atoms. The third-order valence-corrected chi connectivity index (χ3v) is 3.61. The van der Waals surface area contributed by atoms with Crippen molar-refractivity contribution in [2.45, 2.75) is 13.0 Å². The fourth-order valence-electron chi connectivity index (χ4n) is 1.40. The van der Waals surface area contributed by atoms with Gasteiger partial charge in [0.2, 0.25) is 5.91 Å². The third kappa shape index (κ3) is 3.20. The van der Waals surface area contributed by atoms with Gasteiger partial charge in [0, 0.05) is 18.4 Å². The Morgan fingerprint density at radius 2 is 2.06 bits per heavy atom. The van der Waals surface area contributed by atoms with E-state index in [2.05, 4.69) is 15.9 Å². The number of nitrogens with zero attached hydrogens (tertiary/aromatic N) is 1. The van der Waals surface area contributed by atoms with E-state index in [1.807, 2.05) is 0 Å². The summed E-state index contributed by atoms with van der Waals surface area (Å²) in [5.74, 6) is -1.42. The van der Waals surface area contributed by atoms with E-state index in [9.17, 15) is 9.59 Å². The number of hydrogen-bond acceptors (Lipinski definition) is 2. The number of rotatable bonds is 3. The van der Waals surface area contributed by atoms with Gasteiger partial charge in [0.05, 0.1) is 5.02 Å². The molecule has 1 amide bonds. The van der Waals surface area contributed by atoms with Crippen LogP contribution in [-0.4, -0.2) is 28.9 Å². The zero-order chi connectivity index (χ0) is 13.2. The molecule has 0 radical (unpaired) electrons. The molecule has 0 saturated heterocycles. The maximum absolute atomic E-state index is 11.2. The highest BCUT2D eigenvalue weighted by Gasteiger charge is 2.26. The summed E-state index contributed by atoms with van der Waals surface area (Å²) in [6.07, 6.45) is 0. The van der Waals surface area contributed by atoms with Crippen molar-refractivity contribution in [3.63, 3.8) is 0 Å².